The van der Waals surface area contributed by atoms with Crippen LogP contribution in [0, 0.1) is 17.8 Å². The smallest absolute Gasteiger partial charge is 0.309 e. The number of hydrogen-bond donors (Lipinski definition) is 0. The fourth-order valence-electron chi connectivity index (χ4n) is 1.25. The minimum Gasteiger partial charge on any atom is -0.309 e. The molecule has 0 aromatic rings. The van der Waals surface area contributed by atoms with Crippen LogP contribution in [0.1, 0.15) is 20.3 Å². The summed E-state index contributed by atoms with van der Waals surface area (Å²) in [6, 6.07) is 0. The predicted molar refractivity (Wildman–Crippen MR) is 70.4 cm³/mol. The molecule has 0 heterocycles. The summed E-state index contributed by atoms with van der Waals surface area (Å²) < 4.78 is 22.3. The van der Waals surface area contributed by atoms with E-state index in [0.29, 0.717) is 19.1 Å². The van der Waals surface area contributed by atoms with E-state index in [1.54, 1.807) is 26.0 Å². The Morgan fingerprint density at radius 2 is 2.00 bits per heavy atom. The van der Waals surface area contributed by atoms with Gasteiger partial charge in [0.15, 0.2) is 0 Å². The zero-order valence-corrected chi connectivity index (χ0v) is 11.8. The van der Waals surface area contributed by atoms with Crippen LogP contribution in [0.4, 0.5) is 0 Å². The van der Waals surface area contributed by atoms with Crippen molar-refractivity contribution in [3.05, 3.63) is 12.2 Å². The summed E-state index contributed by atoms with van der Waals surface area (Å²) >= 11 is 5.81. The van der Waals surface area contributed by atoms with Crippen molar-refractivity contribution in [3.8, 4) is 11.8 Å². The zero-order chi connectivity index (χ0) is 12.7. The molecule has 2 atom stereocenters. The average molecular weight is 277 g/mol. The minimum atomic E-state index is -2.96. The third-order valence-corrected chi connectivity index (χ3v) is 4.61. The Hall–Kier alpha value is -0.260. The molecule has 1 fully saturated rings. The number of halogens is 1. The summed E-state index contributed by atoms with van der Waals surface area (Å²) in [4.78, 5) is 0. The zero-order valence-electron chi connectivity index (χ0n) is 10.2. The lowest BCUT2D eigenvalue weighted by Gasteiger charge is -2.14. The van der Waals surface area contributed by atoms with E-state index in [2.05, 4.69) is 11.8 Å². The Bertz CT molecular complexity index is 360. The number of alkyl halides is 1. The topological polar surface area (TPSA) is 35.5 Å². The second-order valence-corrected chi connectivity index (χ2v) is 6.34. The van der Waals surface area contributed by atoms with Crippen molar-refractivity contribution < 1.29 is 13.6 Å². The molecule has 17 heavy (non-hydrogen) atoms. The van der Waals surface area contributed by atoms with Crippen molar-refractivity contribution >= 4 is 19.2 Å². The van der Waals surface area contributed by atoms with Crippen molar-refractivity contribution in [2.45, 2.75) is 25.6 Å². The fraction of sp³-hybridized carbons (Fsp3) is 0.667. The van der Waals surface area contributed by atoms with E-state index in [-0.39, 0.29) is 11.5 Å². The highest BCUT2D eigenvalue weighted by Gasteiger charge is 2.33. The lowest BCUT2D eigenvalue weighted by Crippen LogP contribution is -1.98. The van der Waals surface area contributed by atoms with Crippen LogP contribution < -0.4 is 0 Å². The summed E-state index contributed by atoms with van der Waals surface area (Å²) in [7, 11) is -2.96. The largest absolute Gasteiger partial charge is 0.334 e. The van der Waals surface area contributed by atoms with Gasteiger partial charge < -0.3 is 9.05 Å². The quantitative estimate of drug-likeness (QED) is 0.423. The van der Waals surface area contributed by atoms with E-state index in [0.717, 1.165) is 6.42 Å². The van der Waals surface area contributed by atoms with Crippen molar-refractivity contribution in [3.63, 3.8) is 0 Å². The molecule has 0 N–H and O–H groups in total. The van der Waals surface area contributed by atoms with Crippen LogP contribution in [-0.2, 0) is 13.6 Å². The van der Waals surface area contributed by atoms with E-state index >= 15 is 0 Å². The van der Waals surface area contributed by atoms with Crippen molar-refractivity contribution in [2.75, 3.05) is 19.4 Å². The third-order valence-electron chi connectivity index (χ3n) is 2.16. The number of hydrogen-bond acceptors (Lipinski definition) is 3. The molecular formula is C12H18ClO3P. The van der Waals surface area contributed by atoms with Gasteiger partial charge in [-0.3, -0.25) is 4.57 Å². The standard InChI is InChI=1S/C12H18ClO3P/c1-3-15-17(14,16-4-2)9-7-5-6-8-11-10-12(11)13/h5,7,11-12H,3-4,9-10H2,1-2H3/b7-5+/t11-,12-/m0/s1. The number of allylic oxidation sites excluding steroid dienone is 2. The molecule has 1 saturated carbocycles. The lowest BCUT2D eigenvalue weighted by atomic mass is 10.4. The Labute approximate surface area is 108 Å². The Kier molecular flexibility index (Phi) is 6.30. The maximum Gasteiger partial charge on any atom is 0.334 e. The van der Waals surface area contributed by atoms with Crippen molar-refractivity contribution in [2.24, 2.45) is 5.92 Å². The van der Waals surface area contributed by atoms with Gasteiger partial charge in [-0.25, -0.2) is 0 Å². The molecule has 3 nitrogen and oxygen atoms in total. The molecule has 5 heteroatoms. The second-order valence-electron chi connectivity index (χ2n) is 3.68. The second kappa shape index (κ2) is 7.24. The van der Waals surface area contributed by atoms with E-state index in [9.17, 15) is 4.57 Å². The van der Waals surface area contributed by atoms with Crippen LogP contribution in [0.3, 0.4) is 0 Å². The summed E-state index contributed by atoms with van der Waals surface area (Å²) in [5, 5.41) is 0.217. The first-order chi connectivity index (χ1) is 8.11. The Morgan fingerprint density at radius 3 is 2.47 bits per heavy atom. The van der Waals surface area contributed by atoms with Crippen molar-refractivity contribution in [1.29, 1.82) is 0 Å². The highest BCUT2D eigenvalue weighted by molar-refractivity contribution is 7.54. The van der Waals surface area contributed by atoms with E-state index < -0.39 is 7.60 Å². The molecular weight excluding hydrogens is 259 g/mol. The van der Waals surface area contributed by atoms with Crippen molar-refractivity contribution in [1.82, 2.24) is 0 Å². The average Bonchev–Trinajstić information content (AvgIpc) is 2.95. The molecule has 0 spiro atoms. The summed E-state index contributed by atoms with van der Waals surface area (Å²) in [5.74, 6) is 6.23. The molecule has 0 radical (unpaired) electrons. The normalized spacial score (nSPS) is 23.5. The first kappa shape index (κ1) is 14.8. The molecule has 0 bridgehead atoms. The van der Waals surface area contributed by atoms with Gasteiger partial charge in [-0.05, 0) is 26.3 Å². The molecule has 96 valence electrons. The van der Waals surface area contributed by atoms with E-state index in [1.807, 2.05) is 0 Å². The Morgan fingerprint density at radius 1 is 1.41 bits per heavy atom. The maximum atomic E-state index is 12.0. The first-order valence-electron chi connectivity index (χ1n) is 5.79. The summed E-state index contributed by atoms with van der Waals surface area (Å²) in [6.07, 6.45) is 4.65. The fourth-order valence-corrected chi connectivity index (χ4v) is 2.94. The van der Waals surface area contributed by atoms with Gasteiger partial charge in [-0.2, -0.15) is 0 Å². The first-order valence-corrected chi connectivity index (χ1v) is 7.96. The van der Waals surface area contributed by atoms with Gasteiger partial charge in [0, 0.05) is 11.3 Å². The maximum absolute atomic E-state index is 12.0. The molecule has 0 aromatic heterocycles. The summed E-state index contributed by atoms with van der Waals surface area (Å²) in [6.45, 7) is 4.35. The monoisotopic (exact) mass is 276 g/mol. The van der Waals surface area contributed by atoms with Crippen LogP contribution in [0.5, 0.6) is 0 Å². The molecule has 0 unspecified atom stereocenters. The molecule has 1 aliphatic rings. The van der Waals surface area contributed by atoms with Gasteiger partial charge in [0.2, 0.25) is 0 Å². The van der Waals surface area contributed by atoms with Crippen LogP contribution in [-0.4, -0.2) is 24.8 Å². The molecule has 0 aromatic carbocycles. The van der Waals surface area contributed by atoms with E-state index in [1.165, 1.54) is 0 Å². The van der Waals surface area contributed by atoms with Crippen LogP contribution in [0.15, 0.2) is 12.2 Å². The predicted octanol–water partition coefficient (Wildman–Crippen LogP) is 3.44. The molecule has 0 aliphatic heterocycles. The molecule has 0 amide bonds. The van der Waals surface area contributed by atoms with Crippen LogP contribution in [0.2, 0.25) is 0 Å². The Balaban J connectivity index is 2.37. The molecule has 1 rings (SSSR count). The van der Waals surface area contributed by atoms with Gasteiger partial charge in [-0.15, -0.1) is 11.6 Å². The highest BCUT2D eigenvalue weighted by atomic mass is 35.5. The van der Waals surface area contributed by atoms with Gasteiger partial charge in [-0.1, -0.05) is 17.9 Å². The lowest BCUT2D eigenvalue weighted by molar-refractivity contribution is 0.222. The van der Waals surface area contributed by atoms with Gasteiger partial charge in [0.05, 0.1) is 19.4 Å². The molecule has 0 saturated heterocycles. The van der Waals surface area contributed by atoms with Gasteiger partial charge in [0.1, 0.15) is 0 Å². The molecule has 1 aliphatic carbocycles. The summed E-state index contributed by atoms with van der Waals surface area (Å²) in [5.41, 5.74) is 0. The third kappa shape index (κ3) is 5.75. The SMILES string of the molecule is CCOP(=O)(C/C=C/C#C[C@H]1C[C@@H]1Cl)OCC. The van der Waals surface area contributed by atoms with Gasteiger partial charge in [0.25, 0.3) is 0 Å². The van der Waals surface area contributed by atoms with E-state index in [4.69, 9.17) is 20.6 Å². The van der Waals surface area contributed by atoms with Crippen LogP contribution >= 0.6 is 19.2 Å². The van der Waals surface area contributed by atoms with Crippen LogP contribution in [0.25, 0.3) is 0 Å². The highest BCUT2D eigenvalue weighted by Crippen LogP contribution is 2.47. The minimum absolute atomic E-state index is 0.217. The number of rotatable bonds is 6. The van der Waals surface area contributed by atoms with Gasteiger partial charge >= 0.3 is 7.60 Å².